The largest absolute Gasteiger partial charge is 0.379 e. The first kappa shape index (κ1) is 14.5. The highest BCUT2D eigenvalue weighted by molar-refractivity contribution is 5.00. The normalized spacial score (nSPS) is 17.2. The maximum Gasteiger partial charge on any atom is 0.0594 e. The van der Waals surface area contributed by atoms with Crippen LogP contribution in [-0.4, -0.2) is 54.1 Å². The van der Waals surface area contributed by atoms with Gasteiger partial charge in [0.1, 0.15) is 0 Å². The van der Waals surface area contributed by atoms with Crippen LogP contribution in [0, 0.1) is 5.92 Å². The smallest absolute Gasteiger partial charge is 0.0594 e. The zero-order chi connectivity index (χ0) is 13.5. The van der Waals surface area contributed by atoms with Crippen LogP contribution in [0.4, 0.5) is 0 Å². The van der Waals surface area contributed by atoms with E-state index in [4.69, 9.17) is 4.74 Å². The van der Waals surface area contributed by atoms with Crippen molar-refractivity contribution in [1.29, 1.82) is 0 Å². The van der Waals surface area contributed by atoms with E-state index >= 15 is 0 Å². The topological polar surface area (TPSA) is 42.3 Å². The van der Waals surface area contributed by atoms with Crippen LogP contribution in [0.3, 0.4) is 0 Å². The molecular weight excluding hydrogens is 240 g/mol. The molecule has 19 heavy (non-hydrogen) atoms. The predicted molar refractivity (Wildman–Crippen MR) is 76.0 cm³/mol. The minimum atomic E-state index is 0.631. The van der Waals surface area contributed by atoms with Crippen LogP contribution in [0.5, 0.6) is 0 Å². The molecule has 1 aliphatic heterocycles. The lowest BCUT2D eigenvalue weighted by Crippen LogP contribution is -2.40. The second kappa shape index (κ2) is 7.62. The number of ether oxygens (including phenoxy) is 1. The van der Waals surface area contributed by atoms with Crippen LogP contribution >= 0.6 is 0 Å². The number of hydrogen-bond acceptors (Lipinski definition) is 4. The highest BCUT2D eigenvalue weighted by Crippen LogP contribution is 2.03. The fourth-order valence-electron chi connectivity index (χ4n) is 2.30. The van der Waals surface area contributed by atoms with Crippen molar-refractivity contribution in [2.24, 2.45) is 5.92 Å². The first-order valence-electron chi connectivity index (χ1n) is 7.27. The Morgan fingerprint density at radius 1 is 1.37 bits per heavy atom. The lowest BCUT2D eigenvalue weighted by molar-refractivity contribution is 0.0384. The summed E-state index contributed by atoms with van der Waals surface area (Å²) in [4.78, 5) is 2.45. The van der Waals surface area contributed by atoms with Gasteiger partial charge in [-0.3, -0.25) is 9.58 Å². The minimum Gasteiger partial charge on any atom is -0.379 e. The van der Waals surface area contributed by atoms with E-state index in [0.717, 1.165) is 52.5 Å². The molecule has 5 nitrogen and oxygen atoms in total. The summed E-state index contributed by atoms with van der Waals surface area (Å²) in [7, 11) is 0. The molecule has 0 spiro atoms. The summed E-state index contributed by atoms with van der Waals surface area (Å²) in [6.45, 7) is 12.3. The summed E-state index contributed by atoms with van der Waals surface area (Å²) >= 11 is 0. The molecule has 1 N–H and O–H groups in total. The Labute approximate surface area is 115 Å². The monoisotopic (exact) mass is 266 g/mol. The molecule has 0 amide bonds. The van der Waals surface area contributed by atoms with Crippen molar-refractivity contribution in [3.63, 3.8) is 0 Å². The van der Waals surface area contributed by atoms with E-state index in [1.165, 1.54) is 5.69 Å². The predicted octanol–water partition coefficient (Wildman–Crippen LogP) is 0.961. The number of morpholine rings is 1. The number of hydrogen-bond donors (Lipinski definition) is 1. The Bertz CT molecular complexity index is 358. The van der Waals surface area contributed by atoms with Gasteiger partial charge in [-0.15, -0.1) is 0 Å². The van der Waals surface area contributed by atoms with Crippen LogP contribution in [0.1, 0.15) is 19.5 Å². The molecule has 108 valence electrons. The first-order chi connectivity index (χ1) is 9.25. The Hall–Kier alpha value is -0.910. The van der Waals surface area contributed by atoms with Crippen molar-refractivity contribution in [2.45, 2.75) is 26.9 Å². The molecule has 0 unspecified atom stereocenters. The van der Waals surface area contributed by atoms with Crippen molar-refractivity contribution in [3.8, 4) is 0 Å². The van der Waals surface area contributed by atoms with Crippen LogP contribution < -0.4 is 5.32 Å². The van der Waals surface area contributed by atoms with E-state index in [0.29, 0.717) is 5.92 Å². The average Bonchev–Trinajstić information content (AvgIpc) is 2.82. The highest BCUT2D eigenvalue weighted by Gasteiger charge is 2.09. The molecule has 1 aromatic rings. The SMILES string of the molecule is CC(C)Cn1nccc1CNCCN1CCOCC1. The first-order valence-corrected chi connectivity index (χ1v) is 7.27. The zero-order valence-electron chi connectivity index (χ0n) is 12.1. The van der Waals surface area contributed by atoms with Crippen LogP contribution in [-0.2, 0) is 17.8 Å². The lowest BCUT2D eigenvalue weighted by atomic mass is 10.2. The Morgan fingerprint density at radius 3 is 2.89 bits per heavy atom. The molecule has 0 aliphatic carbocycles. The zero-order valence-corrected chi connectivity index (χ0v) is 12.1. The lowest BCUT2D eigenvalue weighted by Gasteiger charge is -2.26. The standard InChI is InChI=1S/C14H26N4O/c1-13(2)12-18-14(3-4-16-18)11-15-5-6-17-7-9-19-10-8-17/h3-4,13,15H,5-12H2,1-2H3. The second-order valence-corrected chi connectivity index (χ2v) is 5.53. The van der Waals surface area contributed by atoms with E-state index < -0.39 is 0 Å². The number of nitrogens with one attached hydrogen (secondary N) is 1. The van der Waals surface area contributed by atoms with Crippen LogP contribution in [0.25, 0.3) is 0 Å². The molecule has 1 fully saturated rings. The molecule has 5 heteroatoms. The van der Waals surface area contributed by atoms with E-state index in [1.807, 2.05) is 6.20 Å². The quantitative estimate of drug-likeness (QED) is 0.747. The van der Waals surface area contributed by atoms with Gasteiger partial charge in [-0.25, -0.2) is 0 Å². The minimum absolute atomic E-state index is 0.631. The summed E-state index contributed by atoms with van der Waals surface area (Å²) in [5.74, 6) is 0.631. The Kier molecular flexibility index (Phi) is 5.82. The van der Waals surface area contributed by atoms with Gasteiger partial charge in [-0.2, -0.15) is 5.10 Å². The average molecular weight is 266 g/mol. The summed E-state index contributed by atoms with van der Waals surface area (Å²) in [5, 5.41) is 7.88. The van der Waals surface area contributed by atoms with Gasteiger partial charge in [0.05, 0.1) is 18.9 Å². The van der Waals surface area contributed by atoms with Crippen LogP contribution in [0.15, 0.2) is 12.3 Å². The van der Waals surface area contributed by atoms with Gasteiger partial charge in [0, 0.05) is 45.5 Å². The summed E-state index contributed by atoms with van der Waals surface area (Å²) in [6.07, 6.45) is 1.89. The number of aromatic nitrogens is 2. The van der Waals surface area contributed by atoms with Gasteiger partial charge in [-0.05, 0) is 12.0 Å². The second-order valence-electron chi connectivity index (χ2n) is 5.53. The molecule has 1 saturated heterocycles. The Balaban J connectivity index is 1.66. The van der Waals surface area contributed by atoms with Crippen molar-refractivity contribution in [1.82, 2.24) is 20.0 Å². The third-order valence-electron chi connectivity index (χ3n) is 3.36. The van der Waals surface area contributed by atoms with E-state index in [-0.39, 0.29) is 0 Å². The summed E-state index contributed by atoms with van der Waals surface area (Å²) in [6, 6.07) is 2.10. The van der Waals surface area contributed by atoms with Crippen molar-refractivity contribution in [2.75, 3.05) is 39.4 Å². The third kappa shape index (κ3) is 4.93. The third-order valence-corrected chi connectivity index (χ3v) is 3.36. The molecule has 0 radical (unpaired) electrons. The molecule has 1 aliphatic rings. The van der Waals surface area contributed by atoms with Crippen LogP contribution in [0.2, 0.25) is 0 Å². The maximum atomic E-state index is 5.34. The van der Waals surface area contributed by atoms with Gasteiger partial charge < -0.3 is 10.1 Å². The van der Waals surface area contributed by atoms with E-state index in [2.05, 4.69) is 39.9 Å². The molecule has 1 aromatic heterocycles. The van der Waals surface area contributed by atoms with Crippen molar-refractivity contribution < 1.29 is 4.74 Å². The fourth-order valence-corrected chi connectivity index (χ4v) is 2.30. The van der Waals surface area contributed by atoms with Gasteiger partial charge in [-0.1, -0.05) is 13.8 Å². The van der Waals surface area contributed by atoms with Crippen molar-refractivity contribution >= 4 is 0 Å². The van der Waals surface area contributed by atoms with E-state index in [1.54, 1.807) is 0 Å². The van der Waals surface area contributed by atoms with Gasteiger partial charge in [0.2, 0.25) is 0 Å². The molecule has 2 rings (SSSR count). The van der Waals surface area contributed by atoms with Gasteiger partial charge in [0.15, 0.2) is 0 Å². The van der Waals surface area contributed by atoms with Gasteiger partial charge in [0.25, 0.3) is 0 Å². The molecule has 0 aromatic carbocycles. The Morgan fingerprint density at radius 2 is 2.16 bits per heavy atom. The number of nitrogens with zero attached hydrogens (tertiary/aromatic N) is 3. The molecule has 0 atom stereocenters. The molecule has 2 heterocycles. The fraction of sp³-hybridized carbons (Fsp3) is 0.786. The van der Waals surface area contributed by atoms with Gasteiger partial charge >= 0.3 is 0 Å². The molecular formula is C14H26N4O. The summed E-state index contributed by atoms with van der Waals surface area (Å²) in [5.41, 5.74) is 1.27. The van der Waals surface area contributed by atoms with E-state index in [9.17, 15) is 0 Å². The maximum absolute atomic E-state index is 5.34. The summed E-state index contributed by atoms with van der Waals surface area (Å²) < 4.78 is 7.45. The number of rotatable bonds is 7. The highest BCUT2D eigenvalue weighted by atomic mass is 16.5. The molecule has 0 saturated carbocycles. The molecule has 0 bridgehead atoms. The van der Waals surface area contributed by atoms with Crippen molar-refractivity contribution in [3.05, 3.63) is 18.0 Å².